The molecule has 0 fully saturated rings. The van der Waals surface area contributed by atoms with E-state index in [2.05, 4.69) is 9.71 Å². The number of nitrogens with two attached hydrogens (primary N) is 1. The monoisotopic (exact) mass is 313 g/mol. The molecule has 1 aromatic carbocycles. The molecule has 3 N–H and O–H groups in total. The van der Waals surface area contributed by atoms with Gasteiger partial charge in [0.05, 0.1) is 29.8 Å². The second-order valence-corrected chi connectivity index (χ2v) is 6.47. The highest BCUT2D eigenvalue weighted by atomic mass is 32.2. The van der Waals surface area contributed by atoms with E-state index in [9.17, 15) is 8.42 Å². The van der Waals surface area contributed by atoms with Crippen LogP contribution in [0, 0.1) is 0 Å². The highest BCUT2D eigenvalue weighted by Gasteiger charge is 2.16. The Morgan fingerprint density at radius 3 is 2.85 bits per heavy atom. The van der Waals surface area contributed by atoms with Crippen LogP contribution in [0.2, 0.25) is 0 Å². The molecule has 0 aliphatic carbocycles. The maximum Gasteiger partial charge on any atom is 0.240 e. The SMILES string of the molecule is COc1ccc(S(=O)(=O)NCc2cscn2)cc1CN. The van der Waals surface area contributed by atoms with Crippen molar-refractivity contribution >= 4 is 21.4 Å². The van der Waals surface area contributed by atoms with Gasteiger partial charge < -0.3 is 10.5 Å². The van der Waals surface area contributed by atoms with Crippen LogP contribution in [-0.4, -0.2) is 20.5 Å². The fourth-order valence-electron chi connectivity index (χ4n) is 1.66. The minimum atomic E-state index is -3.59. The number of rotatable bonds is 6. The summed E-state index contributed by atoms with van der Waals surface area (Å²) in [6, 6.07) is 4.60. The molecule has 0 aliphatic heterocycles. The maximum atomic E-state index is 12.2. The van der Waals surface area contributed by atoms with Gasteiger partial charge >= 0.3 is 0 Å². The third kappa shape index (κ3) is 3.34. The number of hydrogen-bond acceptors (Lipinski definition) is 6. The van der Waals surface area contributed by atoms with Gasteiger partial charge in [-0.05, 0) is 18.2 Å². The molecule has 20 heavy (non-hydrogen) atoms. The van der Waals surface area contributed by atoms with Crippen LogP contribution < -0.4 is 15.2 Å². The molecule has 0 saturated heterocycles. The van der Waals surface area contributed by atoms with E-state index in [0.717, 1.165) is 0 Å². The van der Waals surface area contributed by atoms with E-state index < -0.39 is 10.0 Å². The van der Waals surface area contributed by atoms with Gasteiger partial charge in [0.1, 0.15) is 5.75 Å². The van der Waals surface area contributed by atoms with Crippen LogP contribution in [0.1, 0.15) is 11.3 Å². The molecule has 0 amide bonds. The number of sulfonamides is 1. The molecule has 0 radical (unpaired) electrons. The zero-order chi connectivity index (χ0) is 14.6. The van der Waals surface area contributed by atoms with Gasteiger partial charge in [-0.15, -0.1) is 11.3 Å². The van der Waals surface area contributed by atoms with E-state index in [1.807, 2.05) is 0 Å². The van der Waals surface area contributed by atoms with Crippen molar-refractivity contribution in [2.75, 3.05) is 7.11 Å². The van der Waals surface area contributed by atoms with Crippen molar-refractivity contribution in [2.45, 2.75) is 18.0 Å². The summed E-state index contributed by atoms with van der Waals surface area (Å²) in [5.41, 5.74) is 8.57. The second-order valence-electron chi connectivity index (χ2n) is 3.98. The van der Waals surface area contributed by atoms with Crippen LogP contribution in [0.4, 0.5) is 0 Å². The molecule has 1 aromatic heterocycles. The molecule has 0 saturated carbocycles. The quantitative estimate of drug-likeness (QED) is 0.832. The molecular weight excluding hydrogens is 298 g/mol. The minimum Gasteiger partial charge on any atom is -0.496 e. The number of benzene rings is 1. The Morgan fingerprint density at radius 2 is 2.25 bits per heavy atom. The summed E-state index contributed by atoms with van der Waals surface area (Å²) in [6.45, 7) is 0.369. The molecule has 0 unspecified atom stereocenters. The zero-order valence-corrected chi connectivity index (χ0v) is 12.5. The van der Waals surface area contributed by atoms with E-state index in [1.54, 1.807) is 17.0 Å². The van der Waals surface area contributed by atoms with Crippen molar-refractivity contribution < 1.29 is 13.2 Å². The Kier molecular flexibility index (Phi) is 4.71. The first-order chi connectivity index (χ1) is 9.56. The average molecular weight is 313 g/mol. The van der Waals surface area contributed by atoms with Gasteiger partial charge in [0.25, 0.3) is 0 Å². The van der Waals surface area contributed by atoms with Gasteiger partial charge in [-0.25, -0.2) is 18.1 Å². The van der Waals surface area contributed by atoms with Crippen molar-refractivity contribution in [1.29, 1.82) is 0 Å². The lowest BCUT2D eigenvalue weighted by Crippen LogP contribution is -2.23. The summed E-state index contributed by atoms with van der Waals surface area (Å²) in [5, 5.41) is 1.79. The van der Waals surface area contributed by atoms with E-state index in [1.165, 1.54) is 30.6 Å². The van der Waals surface area contributed by atoms with E-state index in [4.69, 9.17) is 10.5 Å². The number of nitrogens with one attached hydrogen (secondary N) is 1. The third-order valence-corrected chi connectivity index (χ3v) is 4.74. The first kappa shape index (κ1) is 14.9. The van der Waals surface area contributed by atoms with Crippen LogP contribution in [0.25, 0.3) is 0 Å². The Hall–Kier alpha value is -1.48. The smallest absolute Gasteiger partial charge is 0.240 e. The van der Waals surface area contributed by atoms with Gasteiger partial charge in [0, 0.05) is 17.5 Å². The van der Waals surface area contributed by atoms with Crippen molar-refractivity contribution in [1.82, 2.24) is 9.71 Å². The van der Waals surface area contributed by atoms with Crippen LogP contribution in [0.5, 0.6) is 5.75 Å². The van der Waals surface area contributed by atoms with Gasteiger partial charge in [-0.2, -0.15) is 0 Å². The predicted octanol–water partition coefficient (Wildman–Crippen LogP) is 1.09. The Morgan fingerprint density at radius 1 is 1.45 bits per heavy atom. The highest BCUT2D eigenvalue weighted by molar-refractivity contribution is 7.89. The summed E-state index contributed by atoms with van der Waals surface area (Å²) in [5.74, 6) is 0.575. The van der Waals surface area contributed by atoms with Crippen LogP contribution in [-0.2, 0) is 23.1 Å². The van der Waals surface area contributed by atoms with Crippen molar-refractivity contribution in [3.05, 3.63) is 40.3 Å². The van der Waals surface area contributed by atoms with Gasteiger partial charge in [-0.3, -0.25) is 0 Å². The predicted molar refractivity (Wildman–Crippen MR) is 77.0 cm³/mol. The van der Waals surface area contributed by atoms with Crippen LogP contribution in [0.15, 0.2) is 34.0 Å². The molecule has 2 aromatic rings. The number of methoxy groups -OCH3 is 1. The third-order valence-electron chi connectivity index (χ3n) is 2.71. The molecular formula is C12H15N3O3S2. The van der Waals surface area contributed by atoms with Crippen molar-refractivity contribution in [2.24, 2.45) is 5.73 Å². The summed E-state index contributed by atoms with van der Waals surface area (Å²) >= 11 is 1.42. The van der Waals surface area contributed by atoms with Crippen LogP contribution in [0.3, 0.4) is 0 Å². The molecule has 0 aliphatic rings. The molecule has 0 bridgehead atoms. The number of thiazole rings is 1. The fourth-order valence-corrected chi connectivity index (χ4v) is 3.27. The lowest BCUT2D eigenvalue weighted by Gasteiger charge is -2.10. The van der Waals surface area contributed by atoms with E-state index >= 15 is 0 Å². The van der Waals surface area contributed by atoms with Crippen molar-refractivity contribution in [3.8, 4) is 5.75 Å². The molecule has 2 rings (SSSR count). The summed E-state index contributed by atoms with van der Waals surface area (Å²) in [6.07, 6.45) is 0. The van der Waals surface area contributed by atoms with E-state index in [0.29, 0.717) is 17.0 Å². The molecule has 1 heterocycles. The van der Waals surface area contributed by atoms with Gasteiger partial charge in [0.15, 0.2) is 0 Å². The molecule has 108 valence electrons. The summed E-state index contributed by atoms with van der Waals surface area (Å²) in [7, 11) is -2.07. The number of nitrogens with zero attached hydrogens (tertiary/aromatic N) is 1. The van der Waals surface area contributed by atoms with Gasteiger partial charge in [0.2, 0.25) is 10.0 Å². The summed E-state index contributed by atoms with van der Waals surface area (Å²) in [4.78, 5) is 4.19. The second kappa shape index (κ2) is 6.31. The molecule has 6 nitrogen and oxygen atoms in total. The van der Waals surface area contributed by atoms with Gasteiger partial charge in [-0.1, -0.05) is 0 Å². The largest absolute Gasteiger partial charge is 0.496 e. The van der Waals surface area contributed by atoms with E-state index in [-0.39, 0.29) is 18.0 Å². The number of hydrogen-bond donors (Lipinski definition) is 2. The zero-order valence-electron chi connectivity index (χ0n) is 10.9. The lowest BCUT2D eigenvalue weighted by molar-refractivity contribution is 0.409. The standard InChI is InChI=1S/C12H15N3O3S2/c1-18-12-3-2-11(4-9(12)5-13)20(16,17)15-6-10-7-19-8-14-10/h2-4,7-8,15H,5-6,13H2,1H3. The normalized spacial score (nSPS) is 11.5. The topological polar surface area (TPSA) is 94.3 Å². The van der Waals surface area contributed by atoms with Crippen LogP contribution >= 0.6 is 11.3 Å². The molecule has 0 spiro atoms. The number of aromatic nitrogens is 1. The summed E-state index contributed by atoms with van der Waals surface area (Å²) < 4.78 is 32.0. The molecule has 0 atom stereocenters. The average Bonchev–Trinajstić information content (AvgIpc) is 2.97. The Balaban J connectivity index is 2.20. The lowest BCUT2D eigenvalue weighted by atomic mass is 10.2. The Labute approximate surface area is 121 Å². The Bertz CT molecular complexity index is 669. The number of ether oxygens (including phenoxy) is 1. The maximum absolute atomic E-state index is 12.2. The first-order valence-corrected chi connectivity index (χ1v) is 8.23. The molecule has 8 heteroatoms. The highest BCUT2D eigenvalue weighted by Crippen LogP contribution is 2.22. The minimum absolute atomic E-state index is 0.161. The van der Waals surface area contributed by atoms with Crippen molar-refractivity contribution in [3.63, 3.8) is 0 Å². The fraction of sp³-hybridized carbons (Fsp3) is 0.250. The first-order valence-electron chi connectivity index (χ1n) is 5.80.